The van der Waals surface area contributed by atoms with Crippen LogP contribution in [0.25, 0.3) is 23.3 Å². The molecule has 4 aromatic carbocycles. The van der Waals surface area contributed by atoms with Crippen molar-refractivity contribution < 1.29 is 26.9 Å². The fraction of sp³-hybridized carbons (Fsp3) is 0.250. The van der Waals surface area contributed by atoms with Crippen LogP contribution in [0.4, 0.5) is 0 Å². The second-order valence-corrected chi connectivity index (χ2v) is 13.3. The third-order valence-electron chi connectivity index (χ3n) is 8.85. The Kier molecular flexibility index (Phi) is 8.03. The largest absolute Gasteiger partial charge is 0.489 e. The first kappa shape index (κ1) is 30.6. The first-order valence-electron chi connectivity index (χ1n) is 15.5. The molecule has 3 aliphatic rings. The number of hydrogen-bond acceptors (Lipinski definition) is 8. The van der Waals surface area contributed by atoms with Crippen LogP contribution in [0, 0.1) is 13.8 Å². The van der Waals surface area contributed by atoms with E-state index in [1.54, 1.807) is 23.7 Å². The number of rotatable bonds is 3. The molecule has 0 N–H and O–H groups in total. The molecule has 2 atom stereocenters. The van der Waals surface area contributed by atoms with Gasteiger partial charge in [0.25, 0.3) is 0 Å². The van der Waals surface area contributed by atoms with Crippen LogP contribution in [0.3, 0.4) is 0 Å². The highest BCUT2D eigenvalue weighted by Gasteiger charge is 2.33. The Morgan fingerprint density at radius 3 is 2.66 bits per heavy atom. The number of aromatic nitrogens is 3. The lowest BCUT2D eigenvalue weighted by Crippen LogP contribution is -2.37. The van der Waals surface area contributed by atoms with Crippen LogP contribution in [0.2, 0.25) is 0 Å². The lowest BCUT2D eigenvalue weighted by atomic mass is 9.84. The number of esters is 1. The minimum Gasteiger partial charge on any atom is -0.489 e. The smallest absolute Gasteiger partial charge is 0.385 e. The molecule has 5 aromatic rings. The Morgan fingerprint density at radius 2 is 1.81 bits per heavy atom. The number of nitrogens with zero attached hydrogens (tertiary/aromatic N) is 4. The summed E-state index contributed by atoms with van der Waals surface area (Å²) in [4.78, 5) is 13.0. The molecule has 4 heterocycles. The molecule has 0 saturated carbocycles. The molecule has 8 rings (SSSR count). The van der Waals surface area contributed by atoms with Gasteiger partial charge < -0.3 is 13.7 Å². The van der Waals surface area contributed by atoms with E-state index in [4.69, 9.17) is 13.7 Å². The Balaban J connectivity index is 1.39. The lowest BCUT2D eigenvalue weighted by molar-refractivity contribution is -0.143. The van der Waals surface area contributed by atoms with Gasteiger partial charge in [-0.1, -0.05) is 53.7 Å². The molecule has 240 valence electrons. The van der Waals surface area contributed by atoms with Gasteiger partial charge in [0.2, 0.25) is 0 Å². The van der Waals surface area contributed by atoms with E-state index >= 15 is 0 Å². The quantitative estimate of drug-likeness (QED) is 0.209. The fourth-order valence-electron chi connectivity index (χ4n) is 6.26. The summed E-state index contributed by atoms with van der Waals surface area (Å²) in [5.74, 6) is 0.198. The van der Waals surface area contributed by atoms with Crippen molar-refractivity contribution in [1.82, 2.24) is 19.3 Å². The zero-order chi connectivity index (χ0) is 32.7. The van der Waals surface area contributed by atoms with Crippen molar-refractivity contribution in [3.63, 3.8) is 0 Å². The number of hydrogen-bond donors (Lipinski definition) is 0. The lowest BCUT2D eigenvalue weighted by Gasteiger charge is -2.29. The van der Waals surface area contributed by atoms with E-state index in [0.29, 0.717) is 17.9 Å². The molecule has 0 spiro atoms. The minimum atomic E-state index is -4.07. The fourth-order valence-corrected chi connectivity index (χ4v) is 7.35. The highest BCUT2D eigenvalue weighted by molar-refractivity contribution is 7.84. The van der Waals surface area contributed by atoms with Crippen LogP contribution >= 0.6 is 0 Å². The van der Waals surface area contributed by atoms with Crippen molar-refractivity contribution >= 4 is 39.6 Å². The van der Waals surface area contributed by atoms with Gasteiger partial charge in [-0.25, -0.2) is 4.68 Å². The van der Waals surface area contributed by atoms with E-state index in [0.717, 1.165) is 50.0 Å². The maximum atomic E-state index is 13.3. The Labute approximate surface area is 273 Å². The topological polar surface area (TPSA) is 113 Å². The van der Waals surface area contributed by atoms with Crippen molar-refractivity contribution in [1.29, 1.82) is 0 Å². The van der Waals surface area contributed by atoms with E-state index < -0.39 is 10.3 Å². The Morgan fingerprint density at radius 1 is 0.979 bits per heavy atom. The summed E-state index contributed by atoms with van der Waals surface area (Å²) in [7, 11) is -4.07. The number of fused-ring (bicyclic) bond motifs is 2. The summed E-state index contributed by atoms with van der Waals surface area (Å²) in [6.45, 7) is 6.50. The van der Waals surface area contributed by atoms with Crippen LogP contribution in [0.15, 0.2) is 72.8 Å². The van der Waals surface area contributed by atoms with Gasteiger partial charge in [0.1, 0.15) is 23.6 Å². The maximum Gasteiger partial charge on any atom is 0.385 e. The molecule has 47 heavy (non-hydrogen) atoms. The zero-order valence-corrected chi connectivity index (χ0v) is 27.2. The maximum absolute atomic E-state index is 13.3. The molecule has 0 radical (unpaired) electrons. The summed E-state index contributed by atoms with van der Waals surface area (Å²) in [5, 5.41) is 8.96. The molecule has 10 nitrogen and oxygen atoms in total. The van der Waals surface area contributed by atoms with Gasteiger partial charge in [0.15, 0.2) is 0 Å². The summed E-state index contributed by atoms with van der Waals surface area (Å²) >= 11 is 0. The molecular weight excluding hydrogens is 616 g/mol. The van der Waals surface area contributed by atoms with Gasteiger partial charge in [0, 0.05) is 30.8 Å². The van der Waals surface area contributed by atoms with Crippen molar-refractivity contribution in [3.05, 3.63) is 117 Å². The van der Waals surface area contributed by atoms with Gasteiger partial charge in [0.05, 0.1) is 18.5 Å². The SMILES string of the molecule is CCOC(=O)CC1c2ccc(C)c(c2)CN2Cc3cc(ccc3OS2(=O)=O)OCc2ccccc2/C=C\n2nnc3c(C)c1ccc32. The monoisotopic (exact) mass is 650 g/mol. The van der Waals surface area contributed by atoms with Gasteiger partial charge in [-0.3, -0.25) is 4.79 Å². The van der Waals surface area contributed by atoms with E-state index in [-0.39, 0.29) is 43.8 Å². The zero-order valence-electron chi connectivity index (χ0n) is 26.3. The van der Waals surface area contributed by atoms with Gasteiger partial charge in [-0.2, -0.15) is 12.7 Å². The standard InChI is InChI=1S/C36H34N4O6S/c1-4-44-35(41)19-32-26-10-9-23(2)28(17-26)20-39-21-29-18-30(11-14-34(29)46-47(39,42)43)45-22-27-8-6-5-7-25(27)15-16-40-33-13-12-31(32)24(3)36(33)37-38-40/h5-18,32H,4,19-22H2,1-3H3/b16-15-. The number of carbonyl (C=O) groups is 1. The molecule has 0 amide bonds. The molecule has 11 heteroatoms. The molecule has 0 aliphatic carbocycles. The van der Waals surface area contributed by atoms with E-state index in [1.807, 2.05) is 86.8 Å². The number of benzene rings is 4. The van der Waals surface area contributed by atoms with E-state index in [2.05, 4.69) is 10.3 Å². The summed E-state index contributed by atoms with van der Waals surface area (Å²) in [5.41, 5.74) is 8.58. The van der Waals surface area contributed by atoms with Crippen LogP contribution in [0.1, 0.15) is 63.8 Å². The third kappa shape index (κ3) is 5.99. The van der Waals surface area contributed by atoms with E-state index in [1.165, 1.54) is 4.31 Å². The first-order chi connectivity index (χ1) is 22.7. The van der Waals surface area contributed by atoms with Gasteiger partial charge in [-0.15, -0.1) is 5.10 Å². The highest BCUT2D eigenvalue weighted by Crippen LogP contribution is 2.37. The summed E-state index contributed by atoms with van der Waals surface area (Å²) < 4.78 is 46.8. The van der Waals surface area contributed by atoms with Crippen molar-refractivity contribution in [2.24, 2.45) is 0 Å². The van der Waals surface area contributed by atoms with Gasteiger partial charge >= 0.3 is 16.3 Å². The molecule has 0 fully saturated rings. The number of carbonyl (C=O) groups excluding carboxylic acids is 1. The summed E-state index contributed by atoms with van der Waals surface area (Å²) in [6, 6.07) is 23.0. The number of ether oxygens (including phenoxy) is 2. The van der Waals surface area contributed by atoms with Crippen LogP contribution in [-0.2, 0) is 39.5 Å². The highest BCUT2D eigenvalue weighted by atomic mass is 32.2. The predicted octanol–water partition coefficient (Wildman–Crippen LogP) is 6.29. The normalized spacial score (nSPS) is 19.0. The van der Waals surface area contributed by atoms with Crippen LogP contribution in [0.5, 0.6) is 11.5 Å². The Hall–Kier alpha value is -5.00. The van der Waals surface area contributed by atoms with E-state index in [9.17, 15) is 13.2 Å². The average molecular weight is 651 g/mol. The van der Waals surface area contributed by atoms with Crippen molar-refractivity contribution in [3.8, 4) is 11.5 Å². The predicted molar refractivity (Wildman–Crippen MR) is 178 cm³/mol. The van der Waals surface area contributed by atoms with Crippen molar-refractivity contribution in [2.75, 3.05) is 6.61 Å². The minimum absolute atomic E-state index is 0.0873. The molecule has 0 saturated heterocycles. The molecular formula is C36H34N4O6S. The Bertz CT molecular complexity index is 2160. The number of aryl methyl sites for hydroxylation is 2. The summed E-state index contributed by atoms with van der Waals surface area (Å²) in [6.07, 6.45) is 3.96. The molecule has 1 aromatic heterocycles. The first-order valence-corrected chi connectivity index (χ1v) is 16.9. The molecule has 9 bridgehead atoms. The van der Waals surface area contributed by atoms with Crippen molar-refractivity contribution in [2.45, 2.75) is 52.8 Å². The van der Waals surface area contributed by atoms with Gasteiger partial charge in [-0.05, 0) is 90.1 Å². The second kappa shape index (κ2) is 12.3. The average Bonchev–Trinajstić information content (AvgIpc) is 3.47. The van der Waals surface area contributed by atoms with Crippen LogP contribution in [-0.4, -0.2) is 40.3 Å². The third-order valence-corrected chi connectivity index (χ3v) is 10.1. The van der Waals surface area contributed by atoms with Crippen LogP contribution < -0.4 is 8.92 Å². The second-order valence-electron chi connectivity index (χ2n) is 11.8. The molecule has 2 unspecified atom stereocenters. The molecule has 3 aliphatic heterocycles.